The van der Waals surface area contributed by atoms with Gasteiger partial charge in [-0.3, -0.25) is 0 Å². The first-order valence-corrected chi connectivity index (χ1v) is 7.82. The first-order valence-electron chi connectivity index (χ1n) is 3.82. The van der Waals surface area contributed by atoms with Crippen LogP contribution in [0.25, 0.3) is 0 Å². The maximum atomic E-state index is 2.39. The number of rotatable bonds is 2. The Morgan fingerprint density at radius 1 is 1.27 bits per heavy atom. The Labute approximate surface area is 85.4 Å². The summed E-state index contributed by atoms with van der Waals surface area (Å²) >= 11 is 8.57. The first-order chi connectivity index (χ1) is 5.29. The molecule has 0 amide bonds. The van der Waals surface area contributed by atoms with Crippen molar-refractivity contribution in [2.45, 2.75) is 15.6 Å². The molecule has 2 heterocycles. The molecular weight excluding hydrogens is 212 g/mol. The van der Waals surface area contributed by atoms with Gasteiger partial charge in [0.1, 0.15) is 3.41 Å². The van der Waals surface area contributed by atoms with Gasteiger partial charge in [0, 0.05) is 28.3 Å². The van der Waals surface area contributed by atoms with Crippen molar-refractivity contribution in [3.05, 3.63) is 0 Å². The second kappa shape index (κ2) is 3.64. The molecule has 0 aromatic rings. The molecule has 0 saturated carbocycles. The van der Waals surface area contributed by atoms with Crippen LogP contribution >= 0.6 is 47.0 Å². The largest absolute Gasteiger partial charge is 0.160 e. The van der Waals surface area contributed by atoms with Crippen LogP contribution in [0.4, 0.5) is 0 Å². The molecule has 0 nitrogen and oxygen atoms in total. The first kappa shape index (κ1) is 8.97. The minimum Gasteiger partial charge on any atom is -0.160 e. The predicted molar refractivity (Wildman–Crippen MR) is 62.0 cm³/mol. The molecule has 0 spiro atoms. The van der Waals surface area contributed by atoms with Crippen molar-refractivity contribution in [3.63, 3.8) is 0 Å². The lowest BCUT2D eigenvalue weighted by Gasteiger charge is -2.31. The summed E-state index contributed by atoms with van der Waals surface area (Å²) in [4.78, 5) is 0. The Hall–Kier alpha value is 1.40. The number of hydrogen-bond donors (Lipinski definition) is 0. The molecule has 2 saturated heterocycles. The molecule has 0 N–H and O–H groups in total. The fraction of sp³-hybridized carbons (Fsp3) is 1.00. The van der Waals surface area contributed by atoms with E-state index in [4.69, 9.17) is 0 Å². The van der Waals surface area contributed by atoms with Gasteiger partial charge in [0.05, 0.1) is 0 Å². The van der Waals surface area contributed by atoms with Crippen molar-refractivity contribution in [3.8, 4) is 0 Å². The van der Waals surface area contributed by atoms with E-state index >= 15 is 0 Å². The molecule has 4 heteroatoms. The molecule has 0 aromatic carbocycles. The molecule has 0 atom stereocenters. The lowest BCUT2D eigenvalue weighted by Crippen LogP contribution is -2.25. The van der Waals surface area contributed by atoms with Crippen LogP contribution in [-0.4, -0.2) is 31.7 Å². The third-order valence-corrected chi connectivity index (χ3v) is 8.71. The highest BCUT2D eigenvalue weighted by Crippen LogP contribution is 2.54. The van der Waals surface area contributed by atoms with Crippen LogP contribution < -0.4 is 0 Å². The molecule has 2 aliphatic rings. The van der Waals surface area contributed by atoms with Crippen molar-refractivity contribution >= 4 is 47.0 Å². The van der Waals surface area contributed by atoms with E-state index in [2.05, 4.69) is 54.0 Å². The molecule has 64 valence electrons. The lowest BCUT2D eigenvalue weighted by molar-refractivity contribution is 1.07. The van der Waals surface area contributed by atoms with E-state index < -0.39 is 0 Å². The Morgan fingerprint density at radius 2 is 1.91 bits per heavy atom. The van der Waals surface area contributed by atoms with E-state index in [1.165, 1.54) is 23.0 Å². The van der Waals surface area contributed by atoms with Gasteiger partial charge in [-0.25, -0.2) is 0 Å². The summed E-state index contributed by atoms with van der Waals surface area (Å²) in [6.45, 7) is 2.39. The zero-order valence-electron chi connectivity index (χ0n) is 6.54. The van der Waals surface area contributed by atoms with E-state index in [1.807, 2.05) is 0 Å². The normalized spacial score (nSPS) is 30.3. The van der Waals surface area contributed by atoms with Crippen LogP contribution in [0, 0.1) is 0 Å². The molecule has 2 rings (SSSR count). The van der Waals surface area contributed by atoms with Crippen LogP contribution in [0.3, 0.4) is 0 Å². The van der Waals surface area contributed by atoms with Crippen molar-refractivity contribution in [2.75, 3.05) is 23.0 Å². The topological polar surface area (TPSA) is 0 Å². The van der Waals surface area contributed by atoms with E-state index in [9.17, 15) is 0 Å². The SMILES string of the molecule is CC1(SC2CSC2)SCCS1. The molecular formula is C7H12S4. The number of hydrogen-bond acceptors (Lipinski definition) is 4. The van der Waals surface area contributed by atoms with Crippen LogP contribution in [0.2, 0.25) is 0 Å². The summed E-state index contributed by atoms with van der Waals surface area (Å²) in [5, 5.41) is 0.961. The van der Waals surface area contributed by atoms with Crippen LogP contribution in [0.15, 0.2) is 0 Å². The summed E-state index contributed by atoms with van der Waals surface area (Å²) in [6, 6.07) is 0. The molecule has 0 radical (unpaired) electrons. The van der Waals surface area contributed by atoms with Crippen molar-refractivity contribution < 1.29 is 0 Å². The fourth-order valence-corrected chi connectivity index (χ4v) is 7.41. The Kier molecular flexibility index (Phi) is 2.97. The summed E-state index contributed by atoms with van der Waals surface area (Å²) in [5.74, 6) is 5.49. The van der Waals surface area contributed by atoms with Gasteiger partial charge in [-0.15, -0.1) is 35.3 Å². The highest BCUT2D eigenvalue weighted by molar-refractivity contribution is 8.36. The van der Waals surface area contributed by atoms with Gasteiger partial charge >= 0.3 is 0 Å². The smallest absolute Gasteiger partial charge is 0.104 e. The van der Waals surface area contributed by atoms with E-state index in [1.54, 1.807) is 0 Å². The molecule has 2 fully saturated rings. The van der Waals surface area contributed by atoms with Gasteiger partial charge in [0.25, 0.3) is 0 Å². The third-order valence-electron chi connectivity index (χ3n) is 1.80. The Morgan fingerprint density at radius 3 is 2.36 bits per heavy atom. The Balaban J connectivity index is 1.82. The average Bonchev–Trinajstić information content (AvgIpc) is 2.29. The van der Waals surface area contributed by atoms with Gasteiger partial charge < -0.3 is 0 Å². The molecule has 0 unspecified atom stereocenters. The maximum Gasteiger partial charge on any atom is 0.104 e. The molecule has 0 bridgehead atoms. The van der Waals surface area contributed by atoms with Gasteiger partial charge in [-0.1, -0.05) is 0 Å². The quantitative estimate of drug-likeness (QED) is 0.707. The molecule has 0 aliphatic carbocycles. The van der Waals surface area contributed by atoms with Crippen molar-refractivity contribution in [1.82, 2.24) is 0 Å². The van der Waals surface area contributed by atoms with Crippen molar-refractivity contribution in [2.24, 2.45) is 0 Å². The minimum atomic E-state index is 0.506. The van der Waals surface area contributed by atoms with Gasteiger partial charge in [0.2, 0.25) is 0 Å². The van der Waals surface area contributed by atoms with Crippen LogP contribution in [0.5, 0.6) is 0 Å². The van der Waals surface area contributed by atoms with E-state index in [0.29, 0.717) is 3.41 Å². The van der Waals surface area contributed by atoms with Gasteiger partial charge in [-0.2, -0.15) is 11.8 Å². The van der Waals surface area contributed by atoms with Gasteiger partial charge in [-0.05, 0) is 6.92 Å². The molecule has 11 heavy (non-hydrogen) atoms. The lowest BCUT2D eigenvalue weighted by atomic mass is 10.5. The number of thioether (sulfide) groups is 4. The second-order valence-corrected chi connectivity index (χ2v) is 9.43. The Bertz CT molecular complexity index is 137. The van der Waals surface area contributed by atoms with Crippen molar-refractivity contribution in [1.29, 1.82) is 0 Å². The standard InChI is InChI=1S/C7H12S4/c1-7(9-2-3-10-7)11-6-4-8-5-6/h6H,2-5H2,1H3. The summed E-state index contributed by atoms with van der Waals surface area (Å²) in [5.41, 5.74) is 0. The molecule has 0 aromatic heterocycles. The monoisotopic (exact) mass is 224 g/mol. The highest BCUT2D eigenvalue weighted by atomic mass is 32.3. The summed E-state index contributed by atoms with van der Waals surface area (Å²) in [6.07, 6.45) is 0. The minimum absolute atomic E-state index is 0.506. The second-order valence-electron chi connectivity index (χ2n) is 2.84. The average molecular weight is 224 g/mol. The zero-order chi connectivity index (χ0) is 7.73. The molecule has 2 aliphatic heterocycles. The maximum absolute atomic E-state index is 2.39. The van der Waals surface area contributed by atoms with Crippen LogP contribution in [-0.2, 0) is 0 Å². The fourth-order valence-electron chi connectivity index (χ4n) is 1.15. The zero-order valence-corrected chi connectivity index (χ0v) is 9.80. The third kappa shape index (κ3) is 2.20. The predicted octanol–water partition coefficient (Wildman–Crippen LogP) is 2.99. The summed E-state index contributed by atoms with van der Waals surface area (Å²) < 4.78 is 0.506. The van der Waals surface area contributed by atoms with E-state index in [-0.39, 0.29) is 0 Å². The van der Waals surface area contributed by atoms with Gasteiger partial charge in [0.15, 0.2) is 0 Å². The highest BCUT2D eigenvalue weighted by Gasteiger charge is 2.35. The van der Waals surface area contributed by atoms with Crippen LogP contribution in [0.1, 0.15) is 6.92 Å². The summed E-state index contributed by atoms with van der Waals surface area (Å²) in [7, 11) is 0. The van der Waals surface area contributed by atoms with E-state index in [0.717, 1.165) is 5.25 Å².